The van der Waals surface area contributed by atoms with Crippen molar-refractivity contribution in [3.63, 3.8) is 0 Å². The second kappa shape index (κ2) is 3.95. The first-order valence-corrected chi connectivity index (χ1v) is 6.73. The summed E-state index contributed by atoms with van der Waals surface area (Å²) in [5, 5.41) is 19.1. The molecule has 5 heteroatoms. The normalized spacial score (nSPS) is 34.2. The number of amides is 1. The summed E-state index contributed by atoms with van der Waals surface area (Å²) in [5.41, 5.74) is -0.638. The van der Waals surface area contributed by atoms with Gasteiger partial charge in [-0.2, -0.15) is 0 Å². The largest absolute Gasteiger partial charge is 0.481 e. The summed E-state index contributed by atoms with van der Waals surface area (Å²) in [6, 6.07) is 0. The monoisotopic (exact) mass is 253 g/mol. The molecule has 0 aromatic heterocycles. The average molecular weight is 253 g/mol. The lowest BCUT2D eigenvalue weighted by atomic mass is 9.87. The maximum atomic E-state index is 12.1. The highest BCUT2D eigenvalue weighted by Gasteiger charge is 2.54. The lowest BCUT2D eigenvalue weighted by Gasteiger charge is -2.47. The summed E-state index contributed by atoms with van der Waals surface area (Å²) in [6.07, 6.45) is 3.89. The standard InChI is InChI=1S/C13H19NO4/c15-11(8-1-2-9(5-8)12(16)17)14-6-13(18,7-14)10-3-4-10/h8-10,18H,1-7H2,(H,16,17). The summed E-state index contributed by atoms with van der Waals surface area (Å²) in [4.78, 5) is 24.7. The van der Waals surface area contributed by atoms with E-state index in [1.54, 1.807) is 4.90 Å². The second-order valence-electron chi connectivity index (χ2n) is 6.12. The van der Waals surface area contributed by atoms with Crippen LogP contribution in [0.2, 0.25) is 0 Å². The smallest absolute Gasteiger partial charge is 0.306 e. The van der Waals surface area contributed by atoms with Crippen LogP contribution in [0.3, 0.4) is 0 Å². The van der Waals surface area contributed by atoms with Crippen LogP contribution < -0.4 is 0 Å². The zero-order chi connectivity index (χ0) is 12.9. The number of aliphatic carboxylic acids is 1. The van der Waals surface area contributed by atoms with Crippen molar-refractivity contribution in [2.45, 2.75) is 37.7 Å². The van der Waals surface area contributed by atoms with E-state index in [9.17, 15) is 14.7 Å². The summed E-state index contributed by atoms with van der Waals surface area (Å²) < 4.78 is 0. The fourth-order valence-electron chi connectivity index (χ4n) is 3.34. The van der Waals surface area contributed by atoms with Crippen LogP contribution in [0.1, 0.15) is 32.1 Å². The molecule has 0 aromatic rings. The molecule has 1 heterocycles. The van der Waals surface area contributed by atoms with Gasteiger partial charge in [0.2, 0.25) is 5.91 Å². The molecular formula is C13H19NO4. The molecule has 1 amide bonds. The topological polar surface area (TPSA) is 77.8 Å². The highest BCUT2D eigenvalue weighted by atomic mass is 16.4. The van der Waals surface area contributed by atoms with Gasteiger partial charge in [0.15, 0.2) is 0 Å². The minimum absolute atomic E-state index is 0.0454. The summed E-state index contributed by atoms with van der Waals surface area (Å²) in [5.74, 6) is -0.859. The molecule has 2 atom stereocenters. The first kappa shape index (κ1) is 12.0. The number of aliphatic hydroxyl groups is 1. The number of carboxylic acids is 1. The van der Waals surface area contributed by atoms with Crippen molar-refractivity contribution in [3.05, 3.63) is 0 Å². The number of likely N-dealkylation sites (tertiary alicyclic amines) is 1. The van der Waals surface area contributed by atoms with Crippen LogP contribution in [0.4, 0.5) is 0 Å². The van der Waals surface area contributed by atoms with Crippen LogP contribution in [0.15, 0.2) is 0 Å². The van der Waals surface area contributed by atoms with Gasteiger partial charge in [-0.15, -0.1) is 0 Å². The summed E-state index contributed by atoms with van der Waals surface area (Å²) in [6.45, 7) is 0.898. The lowest BCUT2D eigenvalue weighted by molar-refractivity contribution is -0.163. The Hall–Kier alpha value is -1.10. The lowest BCUT2D eigenvalue weighted by Crippen LogP contribution is -2.65. The maximum absolute atomic E-state index is 12.1. The van der Waals surface area contributed by atoms with Crippen LogP contribution in [0, 0.1) is 17.8 Å². The number of hydrogen-bond donors (Lipinski definition) is 2. The molecule has 1 saturated heterocycles. The molecule has 2 saturated carbocycles. The average Bonchev–Trinajstić information content (AvgIpc) is 3.01. The van der Waals surface area contributed by atoms with Gasteiger partial charge in [0, 0.05) is 5.92 Å². The molecule has 2 N–H and O–H groups in total. The van der Waals surface area contributed by atoms with Crippen molar-refractivity contribution in [1.29, 1.82) is 0 Å². The van der Waals surface area contributed by atoms with E-state index < -0.39 is 11.6 Å². The number of carboxylic acid groups (broad SMARTS) is 1. The Morgan fingerprint density at radius 3 is 2.17 bits per heavy atom. The molecule has 2 aliphatic carbocycles. The second-order valence-corrected chi connectivity index (χ2v) is 6.12. The fourth-order valence-corrected chi connectivity index (χ4v) is 3.34. The van der Waals surface area contributed by atoms with Crippen molar-refractivity contribution in [3.8, 4) is 0 Å². The minimum atomic E-state index is -0.789. The third-order valence-electron chi connectivity index (χ3n) is 4.71. The van der Waals surface area contributed by atoms with Gasteiger partial charge in [-0.3, -0.25) is 9.59 Å². The quantitative estimate of drug-likeness (QED) is 0.766. The van der Waals surface area contributed by atoms with E-state index in [4.69, 9.17) is 5.11 Å². The van der Waals surface area contributed by atoms with Crippen molar-refractivity contribution >= 4 is 11.9 Å². The van der Waals surface area contributed by atoms with Gasteiger partial charge in [0.1, 0.15) is 5.60 Å². The Morgan fingerprint density at radius 2 is 1.67 bits per heavy atom. The summed E-state index contributed by atoms with van der Waals surface area (Å²) >= 11 is 0. The van der Waals surface area contributed by atoms with E-state index in [1.807, 2.05) is 0 Å². The molecule has 18 heavy (non-hydrogen) atoms. The molecule has 3 fully saturated rings. The first-order chi connectivity index (χ1) is 8.49. The highest BCUT2D eigenvalue weighted by Crippen LogP contribution is 2.45. The third-order valence-corrected chi connectivity index (χ3v) is 4.71. The molecule has 5 nitrogen and oxygen atoms in total. The third kappa shape index (κ3) is 1.90. The van der Waals surface area contributed by atoms with Gasteiger partial charge >= 0.3 is 5.97 Å². The molecule has 2 unspecified atom stereocenters. The van der Waals surface area contributed by atoms with Crippen molar-refractivity contribution < 1.29 is 19.8 Å². The molecule has 0 radical (unpaired) electrons. The van der Waals surface area contributed by atoms with E-state index in [0.29, 0.717) is 38.3 Å². The van der Waals surface area contributed by atoms with Gasteiger partial charge in [-0.25, -0.2) is 0 Å². The van der Waals surface area contributed by atoms with Crippen molar-refractivity contribution in [2.75, 3.05) is 13.1 Å². The molecule has 1 aliphatic heterocycles. The predicted molar refractivity (Wildman–Crippen MR) is 62.7 cm³/mol. The number of hydrogen-bond acceptors (Lipinski definition) is 3. The fraction of sp³-hybridized carbons (Fsp3) is 0.846. The van der Waals surface area contributed by atoms with Gasteiger partial charge in [0.05, 0.1) is 19.0 Å². The Bertz CT molecular complexity index is 384. The predicted octanol–water partition coefficient (Wildman–Crippen LogP) is 0.471. The van der Waals surface area contributed by atoms with E-state index in [2.05, 4.69) is 0 Å². The molecule has 3 rings (SSSR count). The number of β-amino-alcohol motifs (C(OH)–C–C–N with tert-alkyl or cyclic N) is 1. The van der Waals surface area contributed by atoms with E-state index in [0.717, 1.165) is 12.8 Å². The van der Waals surface area contributed by atoms with Crippen LogP contribution in [-0.4, -0.2) is 45.7 Å². The Morgan fingerprint density at radius 1 is 1.06 bits per heavy atom. The molecule has 3 aliphatic rings. The molecular weight excluding hydrogens is 234 g/mol. The van der Waals surface area contributed by atoms with Gasteiger partial charge in [-0.05, 0) is 38.0 Å². The minimum Gasteiger partial charge on any atom is -0.481 e. The van der Waals surface area contributed by atoms with Crippen molar-refractivity contribution in [1.82, 2.24) is 4.90 Å². The maximum Gasteiger partial charge on any atom is 0.306 e. The van der Waals surface area contributed by atoms with Crippen LogP contribution in [0.25, 0.3) is 0 Å². The van der Waals surface area contributed by atoms with Gasteiger partial charge in [0.25, 0.3) is 0 Å². The molecule has 100 valence electrons. The zero-order valence-corrected chi connectivity index (χ0v) is 10.3. The van der Waals surface area contributed by atoms with Crippen molar-refractivity contribution in [2.24, 2.45) is 17.8 Å². The molecule has 0 aromatic carbocycles. The number of carbonyl (C=O) groups is 2. The molecule has 0 spiro atoms. The van der Waals surface area contributed by atoms with E-state index in [-0.39, 0.29) is 17.7 Å². The van der Waals surface area contributed by atoms with Gasteiger partial charge < -0.3 is 15.1 Å². The highest BCUT2D eigenvalue weighted by molar-refractivity contribution is 5.82. The SMILES string of the molecule is O=C(O)C1CCC(C(=O)N2CC(O)(C3CC3)C2)C1. The molecule has 0 bridgehead atoms. The first-order valence-electron chi connectivity index (χ1n) is 6.73. The Labute approximate surface area is 106 Å². The van der Waals surface area contributed by atoms with Crippen LogP contribution in [0.5, 0.6) is 0 Å². The Kier molecular flexibility index (Phi) is 2.62. The van der Waals surface area contributed by atoms with E-state index >= 15 is 0 Å². The van der Waals surface area contributed by atoms with E-state index in [1.165, 1.54) is 0 Å². The Balaban J connectivity index is 1.53. The zero-order valence-electron chi connectivity index (χ0n) is 10.3. The van der Waals surface area contributed by atoms with Crippen LogP contribution in [-0.2, 0) is 9.59 Å². The van der Waals surface area contributed by atoms with Crippen LogP contribution >= 0.6 is 0 Å². The number of nitrogens with zero attached hydrogens (tertiary/aromatic N) is 1. The van der Waals surface area contributed by atoms with Gasteiger partial charge in [-0.1, -0.05) is 0 Å². The number of rotatable bonds is 3. The number of carbonyl (C=O) groups excluding carboxylic acids is 1. The summed E-state index contributed by atoms with van der Waals surface area (Å²) in [7, 11) is 0.